The number of amides is 1. The lowest BCUT2D eigenvalue weighted by Crippen LogP contribution is -2.43. The van der Waals surface area contributed by atoms with E-state index in [0.29, 0.717) is 6.04 Å². The standard InChI is InChI=1S/C22H22ClF3N2O/c23-19-16(9-4-10-17(19)22(24,25)26)21(29)27-20(14-6-2-1-3-7-14)18-12-11-15-8-5-13-28(15)18/h1-4,6-7,9-10,15,18,20H,5,8,11-13H2,(H,27,29). The van der Waals surface area contributed by atoms with E-state index in [9.17, 15) is 18.0 Å². The second-order valence-electron chi connectivity index (χ2n) is 7.71. The van der Waals surface area contributed by atoms with Gasteiger partial charge in [0.15, 0.2) is 0 Å². The van der Waals surface area contributed by atoms with Gasteiger partial charge in [-0.1, -0.05) is 48.0 Å². The van der Waals surface area contributed by atoms with E-state index in [0.717, 1.165) is 43.9 Å². The van der Waals surface area contributed by atoms with Crippen LogP contribution in [0.3, 0.4) is 0 Å². The molecule has 2 aliphatic rings. The Bertz CT molecular complexity index is 887. The second kappa shape index (κ2) is 8.00. The topological polar surface area (TPSA) is 32.3 Å². The third-order valence-electron chi connectivity index (χ3n) is 6.02. The predicted octanol–water partition coefficient (Wildman–Crippen LogP) is 5.46. The molecule has 0 spiro atoms. The van der Waals surface area contributed by atoms with Crippen molar-refractivity contribution < 1.29 is 18.0 Å². The average molecular weight is 423 g/mol. The summed E-state index contributed by atoms with van der Waals surface area (Å²) in [7, 11) is 0. The minimum absolute atomic E-state index is 0.124. The highest BCUT2D eigenvalue weighted by molar-refractivity contribution is 6.34. The Hall–Kier alpha value is -2.05. The van der Waals surface area contributed by atoms with Gasteiger partial charge in [-0.25, -0.2) is 0 Å². The van der Waals surface area contributed by atoms with E-state index in [2.05, 4.69) is 10.2 Å². The first-order valence-electron chi connectivity index (χ1n) is 9.83. The minimum atomic E-state index is -4.61. The molecule has 2 aromatic rings. The number of fused-ring (bicyclic) bond motifs is 1. The van der Waals surface area contributed by atoms with Gasteiger partial charge in [-0.05, 0) is 49.9 Å². The Morgan fingerprint density at radius 2 is 1.83 bits per heavy atom. The highest BCUT2D eigenvalue weighted by Crippen LogP contribution is 2.39. The molecular weight excluding hydrogens is 401 g/mol. The Kier molecular flexibility index (Phi) is 5.58. The van der Waals surface area contributed by atoms with Gasteiger partial charge in [0.05, 0.1) is 22.2 Å². The third-order valence-corrected chi connectivity index (χ3v) is 6.43. The van der Waals surface area contributed by atoms with Gasteiger partial charge in [0.25, 0.3) is 5.91 Å². The number of halogens is 4. The van der Waals surface area contributed by atoms with Gasteiger partial charge < -0.3 is 5.32 Å². The van der Waals surface area contributed by atoms with E-state index in [1.807, 2.05) is 30.3 Å². The van der Waals surface area contributed by atoms with Crippen molar-refractivity contribution in [3.8, 4) is 0 Å². The Labute approximate surface area is 172 Å². The molecule has 0 aliphatic carbocycles. The van der Waals surface area contributed by atoms with Gasteiger partial charge in [-0.3, -0.25) is 9.69 Å². The smallest absolute Gasteiger partial charge is 0.344 e. The molecule has 2 heterocycles. The number of nitrogens with one attached hydrogen (secondary N) is 1. The van der Waals surface area contributed by atoms with Crippen LogP contribution in [0.1, 0.15) is 53.2 Å². The van der Waals surface area contributed by atoms with Crippen LogP contribution >= 0.6 is 11.6 Å². The molecule has 154 valence electrons. The van der Waals surface area contributed by atoms with Gasteiger partial charge in [0.2, 0.25) is 0 Å². The molecule has 29 heavy (non-hydrogen) atoms. The molecule has 7 heteroatoms. The number of benzene rings is 2. The number of rotatable bonds is 4. The summed E-state index contributed by atoms with van der Waals surface area (Å²) >= 11 is 5.98. The maximum Gasteiger partial charge on any atom is 0.417 e. The molecule has 1 amide bonds. The van der Waals surface area contributed by atoms with E-state index in [4.69, 9.17) is 11.6 Å². The molecule has 2 fully saturated rings. The molecule has 2 aliphatic heterocycles. The Morgan fingerprint density at radius 3 is 2.55 bits per heavy atom. The lowest BCUT2D eigenvalue weighted by molar-refractivity contribution is -0.137. The summed E-state index contributed by atoms with van der Waals surface area (Å²) in [5.74, 6) is -0.586. The second-order valence-corrected chi connectivity index (χ2v) is 8.08. The summed E-state index contributed by atoms with van der Waals surface area (Å²) in [4.78, 5) is 15.4. The number of hydrogen-bond acceptors (Lipinski definition) is 2. The van der Waals surface area contributed by atoms with Gasteiger partial charge in [0.1, 0.15) is 0 Å². The summed E-state index contributed by atoms with van der Waals surface area (Å²) in [6, 6.07) is 13.4. The van der Waals surface area contributed by atoms with Crippen molar-refractivity contribution in [1.29, 1.82) is 0 Å². The molecule has 0 bridgehead atoms. The van der Waals surface area contributed by atoms with E-state index in [-0.39, 0.29) is 17.6 Å². The van der Waals surface area contributed by atoms with Gasteiger partial charge in [-0.2, -0.15) is 13.2 Å². The minimum Gasteiger partial charge on any atom is -0.344 e. The molecule has 1 N–H and O–H groups in total. The van der Waals surface area contributed by atoms with E-state index in [1.54, 1.807) is 0 Å². The molecule has 2 saturated heterocycles. The number of hydrogen-bond donors (Lipinski definition) is 1. The zero-order valence-corrected chi connectivity index (χ0v) is 16.5. The first-order valence-corrected chi connectivity index (χ1v) is 10.2. The number of alkyl halides is 3. The van der Waals surface area contributed by atoms with Crippen molar-refractivity contribution in [1.82, 2.24) is 10.2 Å². The van der Waals surface area contributed by atoms with E-state index < -0.39 is 22.7 Å². The van der Waals surface area contributed by atoms with Crippen LogP contribution < -0.4 is 5.32 Å². The molecular formula is C22H22ClF3N2O. The first-order chi connectivity index (χ1) is 13.9. The molecule has 4 rings (SSSR count). The SMILES string of the molecule is O=C(NC(c1ccccc1)C1CCC2CCCN21)c1cccc(C(F)(F)F)c1Cl. The summed E-state index contributed by atoms with van der Waals surface area (Å²) < 4.78 is 39.6. The zero-order valence-electron chi connectivity index (χ0n) is 15.8. The van der Waals surface area contributed by atoms with Crippen LogP contribution in [-0.2, 0) is 6.18 Å². The van der Waals surface area contributed by atoms with Gasteiger partial charge in [-0.15, -0.1) is 0 Å². The summed E-state index contributed by atoms with van der Waals surface area (Å²) in [6.07, 6.45) is -0.295. The highest BCUT2D eigenvalue weighted by Gasteiger charge is 2.42. The molecule has 0 aromatic heterocycles. The number of carbonyl (C=O) groups is 1. The molecule has 3 unspecified atom stereocenters. The van der Waals surface area contributed by atoms with Crippen molar-refractivity contribution in [2.45, 2.75) is 50.0 Å². The fourth-order valence-electron chi connectivity index (χ4n) is 4.70. The highest BCUT2D eigenvalue weighted by atomic mass is 35.5. The fourth-order valence-corrected chi connectivity index (χ4v) is 5.02. The first kappa shape index (κ1) is 20.2. The predicted molar refractivity (Wildman–Crippen MR) is 106 cm³/mol. The van der Waals surface area contributed by atoms with Gasteiger partial charge in [0, 0.05) is 12.1 Å². The van der Waals surface area contributed by atoms with Crippen molar-refractivity contribution in [2.24, 2.45) is 0 Å². The van der Waals surface area contributed by atoms with Crippen LogP contribution in [-0.4, -0.2) is 29.4 Å². The van der Waals surface area contributed by atoms with Crippen LogP contribution in [0.25, 0.3) is 0 Å². The van der Waals surface area contributed by atoms with Crippen LogP contribution in [0.15, 0.2) is 48.5 Å². The number of nitrogens with zero attached hydrogens (tertiary/aromatic N) is 1. The maximum atomic E-state index is 13.2. The van der Waals surface area contributed by atoms with Crippen molar-refractivity contribution in [3.05, 3.63) is 70.2 Å². The van der Waals surface area contributed by atoms with Gasteiger partial charge >= 0.3 is 6.18 Å². The molecule has 0 radical (unpaired) electrons. The van der Waals surface area contributed by atoms with E-state index >= 15 is 0 Å². The van der Waals surface area contributed by atoms with Crippen LogP contribution in [0.2, 0.25) is 5.02 Å². The van der Waals surface area contributed by atoms with Crippen LogP contribution in [0.4, 0.5) is 13.2 Å². The summed E-state index contributed by atoms with van der Waals surface area (Å²) in [6.45, 7) is 0.985. The van der Waals surface area contributed by atoms with Crippen molar-refractivity contribution in [3.63, 3.8) is 0 Å². The number of carbonyl (C=O) groups excluding carboxylic acids is 1. The molecule has 3 atom stereocenters. The Balaban J connectivity index is 1.64. The largest absolute Gasteiger partial charge is 0.417 e. The van der Waals surface area contributed by atoms with Crippen molar-refractivity contribution in [2.75, 3.05) is 6.54 Å². The monoisotopic (exact) mass is 422 g/mol. The lowest BCUT2D eigenvalue weighted by atomic mass is 9.96. The maximum absolute atomic E-state index is 13.2. The molecule has 0 saturated carbocycles. The van der Waals surface area contributed by atoms with Crippen LogP contribution in [0, 0.1) is 0 Å². The van der Waals surface area contributed by atoms with Crippen LogP contribution in [0.5, 0.6) is 0 Å². The summed E-state index contributed by atoms with van der Waals surface area (Å²) in [5, 5.41) is 2.43. The third kappa shape index (κ3) is 4.01. The molecule has 2 aromatic carbocycles. The zero-order chi connectivity index (χ0) is 20.6. The Morgan fingerprint density at radius 1 is 1.07 bits per heavy atom. The van der Waals surface area contributed by atoms with E-state index in [1.165, 1.54) is 12.1 Å². The fraction of sp³-hybridized carbons (Fsp3) is 0.409. The summed E-state index contributed by atoms with van der Waals surface area (Å²) in [5.41, 5.74) is -0.205. The normalized spacial score (nSPS) is 23.0. The van der Waals surface area contributed by atoms with Crippen molar-refractivity contribution >= 4 is 17.5 Å². The quantitative estimate of drug-likeness (QED) is 0.709. The lowest BCUT2D eigenvalue weighted by Gasteiger charge is -2.32. The average Bonchev–Trinajstić information content (AvgIpc) is 3.30. The molecule has 3 nitrogen and oxygen atoms in total.